The van der Waals surface area contributed by atoms with E-state index in [-0.39, 0.29) is 0 Å². The van der Waals surface area contributed by atoms with Crippen LogP contribution in [-0.2, 0) is 0 Å². The van der Waals surface area contributed by atoms with Gasteiger partial charge in [-0.3, -0.25) is 0 Å². The molecular formula is C56H37N. The Kier molecular flexibility index (Phi) is 7.89. The topological polar surface area (TPSA) is 3.24 Å². The van der Waals surface area contributed by atoms with Crippen molar-refractivity contribution in [2.75, 3.05) is 4.90 Å². The number of nitrogens with zero attached hydrogens (tertiary/aromatic N) is 1. The molecule has 1 heteroatoms. The molecule has 0 aliphatic rings. The first-order valence-electron chi connectivity index (χ1n) is 19.7. The van der Waals surface area contributed by atoms with E-state index in [1.807, 2.05) is 0 Å². The van der Waals surface area contributed by atoms with Crippen LogP contribution in [0.2, 0.25) is 0 Å². The van der Waals surface area contributed by atoms with Gasteiger partial charge >= 0.3 is 0 Å². The van der Waals surface area contributed by atoms with Gasteiger partial charge in [-0.05, 0) is 118 Å². The predicted octanol–water partition coefficient (Wildman–Crippen LogP) is 15.9. The minimum Gasteiger partial charge on any atom is -0.310 e. The molecule has 1 nitrogen and oxygen atoms in total. The normalized spacial score (nSPS) is 11.5. The third-order valence-corrected chi connectivity index (χ3v) is 11.6. The molecule has 0 unspecified atom stereocenters. The fourth-order valence-electron chi connectivity index (χ4n) is 9.02. The maximum absolute atomic E-state index is 2.45. The van der Waals surface area contributed by atoms with Gasteiger partial charge < -0.3 is 4.90 Å². The number of rotatable bonds is 6. The van der Waals surface area contributed by atoms with Crippen molar-refractivity contribution in [3.63, 3.8) is 0 Å². The lowest BCUT2D eigenvalue weighted by Crippen LogP contribution is -2.10. The van der Waals surface area contributed by atoms with Crippen molar-refractivity contribution in [1.29, 1.82) is 0 Å². The van der Waals surface area contributed by atoms with Crippen LogP contribution in [-0.4, -0.2) is 0 Å². The molecule has 0 amide bonds. The second kappa shape index (κ2) is 13.7. The van der Waals surface area contributed by atoms with Gasteiger partial charge in [0, 0.05) is 16.8 Å². The summed E-state index contributed by atoms with van der Waals surface area (Å²) >= 11 is 0. The van der Waals surface area contributed by atoms with Crippen LogP contribution in [0.25, 0.3) is 87.2 Å². The summed E-state index contributed by atoms with van der Waals surface area (Å²) in [6.07, 6.45) is 0. The first-order chi connectivity index (χ1) is 28.3. The fourth-order valence-corrected chi connectivity index (χ4v) is 9.02. The standard InChI is InChI=1S/C56H37N/c1-4-18-40(19-5-1)50-37-51(41-20-6-2-7-21-41)55-48-29-15-14-28-47(48)52-36-45(33-34-49(52)56(55)54(50)42-23-8-3-9-24-42)57(44-32-31-38-17-10-11-25-43(38)35-44)53-30-16-26-39-22-12-13-27-46(39)53/h1-37H. The van der Waals surface area contributed by atoms with Crippen molar-refractivity contribution < 1.29 is 0 Å². The second-order valence-electron chi connectivity index (χ2n) is 14.8. The molecule has 0 aromatic heterocycles. The highest BCUT2D eigenvalue weighted by atomic mass is 15.1. The van der Waals surface area contributed by atoms with E-state index in [2.05, 4.69) is 229 Å². The van der Waals surface area contributed by atoms with Crippen LogP contribution in [0.4, 0.5) is 17.1 Å². The van der Waals surface area contributed by atoms with Crippen LogP contribution in [0.1, 0.15) is 0 Å². The highest BCUT2D eigenvalue weighted by Gasteiger charge is 2.23. The van der Waals surface area contributed by atoms with Gasteiger partial charge in [0.15, 0.2) is 0 Å². The molecule has 0 saturated carbocycles. The summed E-state index contributed by atoms with van der Waals surface area (Å²) in [7, 11) is 0. The number of benzene rings is 11. The lowest BCUT2D eigenvalue weighted by molar-refractivity contribution is 1.31. The van der Waals surface area contributed by atoms with Gasteiger partial charge in [0.1, 0.15) is 0 Å². The largest absolute Gasteiger partial charge is 0.310 e. The predicted molar refractivity (Wildman–Crippen MR) is 245 cm³/mol. The molecule has 0 radical (unpaired) electrons. The summed E-state index contributed by atoms with van der Waals surface area (Å²) in [5.41, 5.74) is 10.7. The van der Waals surface area contributed by atoms with Crippen LogP contribution < -0.4 is 4.90 Å². The molecule has 0 aliphatic heterocycles. The smallest absolute Gasteiger partial charge is 0.0540 e. The van der Waals surface area contributed by atoms with Gasteiger partial charge in [-0.1, -0.05) is 188 Å². The van der Waals surface area contributed by atoms with Crippen LogP contribution in [0.5, 0.6) is 0 Å². The van der Waals surface area contributed by atoms with Crippen molar-refractivity contribution >= 4 is 70.9 Å². The Morgan fingerprint density at radius 3 is 1.53 bits per heavy atom. The summed E-state index contributed by atoms with van der Waals surface area (Å²) < 4.78 is 0. The zero-order valence-corrected chi connectivity index (χ0v) is 31.3. The van der Waals surface area contributed by atoms with E-state index in [9.17, 15) is 0 Å². The van der Waals surface area contributed by atoms with E-state index in [0.29, 0.717) is 0 Å². The highest BCUT2D eigenvalue weighted by molar-refractivity contribution is 6.33. The van der Waals surface area contributed by atoms with Gasteiger partial charge in [0.05, 0.1) is 5.69 Å². The molecule has 0 spiro atoms. The van der Waals surface area contributed by atoms with Gasteiger partial charge in [-0.25, -0.2) is 0 Å². The molecule has 11 aromatic carbocycles. The Labute approximate surface area is 332 Å². The number of fused-ring (bicyclic) bond motifs is 8. The summed E-state index contributed by atoms with van der Waals surface area (Å²) in [5.74, 6) is 0. The zero-order valence-electron chi connectivity index (χ0n) is 31.3. The molecule has 0 N–H and O–H groups in total. The number of hydrogen-bond acceptors (Lipinski definition) is 1. The van der Waals surface area contributed by atoms with Crippen molar-refractivity contribution in [2.45, 2.75) is 0 Å². The number of hydrogen-bond donors (Lipinski definition) is 0. The summed E-state index contributed by atoms with van der Waals surface area (Å²) in [5, 5.41) is 12.4. The van der Waals surface area contributed by atoms with E-state index in [1.54, 1.807) is 0 Å². The zero-order chi connectivity index (χ0) is 37.7. The second-order valence-corrected chi connectivity index (χ2v) is 14.8. The van der Waals surface area contributed by atoms with E-state index in [0.717, 1.165) is 17.1 Å². The van der Waals surface area contributed by atoms with E-state index < -0.39 is 0 Å². The van der Waals surface area contributed by atoms with Crippen molar-refractivity contribution in [1.82, 2.24) is 0 Å². The third-order valence-electron chi connectivity index (χ3n) is 11.6. The highest BCUT2D eigenvalue weighted by Crippen LogP contribution is 2.50. The molecule has 0 saturated heterocycles. The number of anilines is 3. The first-order valence-corrected chi connectivity index (χ1v) is 19.7. The Balaban J connectivity index is 1.29. The Morgan fingerprint density at radius 2 is 0.789 bits per heavy atom. The maximum Gasteiger partial charge on any atom is 0.0540 e. The molecule has 266 valence electrons. The molecule has 0 aliphatic carbocycles. The van der Waals surface area contributed by atoms with Gasteiger partial charge in [-0.15, -0.1) is 0 Å². The molecule has 0 heterocycles. The van der Waals surface area contributed by atoms with Crippen molar-refractivity contribution in [3.8, 4) is 33.4 Å². The van der Waals surface area contributed by atoms with E-state index >= 15 is 0 Å². The minimum atomic E-state index is 1.11. The SMILES string of the molecule is c1ccc(-c2cc(-c3ccccc3)c3c4ccccc4c4cc(N(c5ccc6ccccc6c5)c5cccc6ccccc56)ccc4c3c2-c2ccccc2)cc1. The average Bonchev–Trinajstić information content (AvgIpc) is 3.29. The molecular weight excluding hydrogens is 687 g/mol. The lowest BCUT2D eigenvalue weighted by atomic mass is 9.81. The first kappa shape index (κ1) is 32.9. The molecule has 11 rings (SSSR count). The average molecular weight is 724 g/mol. The minimum absolute atomic E-state index is 1.11. The Morgan fingerprint density at radius 1 is 0.263 bits per heavy atom. The molecule has 57 heavy (non-hydrogen) atoms. The van der Waals surface area contributed by atoms with Crippen LogP contribution >= 0.6 is 0 Å². The van der Waals surface area contributed by atoms with Gasteiger partial charge in [0.25, 0.3) is 0 Å². The summed E-state index contributed by atoms with van der Waals surface area (Å²) in [6, 6.07) is 82.2. The van der Waals surface area contributed by atoms with E-state index in [1.165, 1.54) is 87.2 Å². The van der Waals surface area contributed by atoms with Gasteiger partial charge in [-0.2, -0.15) is 0 Å². The molecule has 0 fully saturated rings. The summed E-state index contributed by atoms with van der Waals surface area (Å²) in [4.78, 5) is 2.45. The third kappa shape index (κ3) is 5.55. The maximum atomic E-state index is 2.45. The van der Waals surface area contributed by atoms with Crippen molar-refractivity contribution in [3.05, 3.63) is 224 Å². The lowest BCUT2D eigenvalue weighted by Gasteiger charge is -2.28. The van der Waals surface area contributed by atoms with Crippen LogP contribution in [0.3, 0.4) is 0 Å². The fraction of sp³-hybridized carbons (Fsp3) is 0. The van der Waals surface area contributed by atoms with Crippen LogP contribution in [0, 0.1) is 0 Å². The quantitative estimate of drug-likeness (QED) is 0.154. The monoisotopic (exact) mass is 723 g/mol. The van der Waals surface area contributed by atoms with Gasteiger partial charge in [0.2, 0.25) is 0 Å². The molecule has 0 bridgehead atoms. The molecule has 0 atom stereocenters. The molecule has 11 aromatic rings. The van der Waals surface area contributed by atoms with E-state index in [4.69, 9.17) is 0 Å². The Bertz CT molecular complexity index is 3270. The van der Waals surface area contributed by atoms with Crippen LogP contribution in [0.15, 0.2) is 224 Å². The summed E-state index contributed by atoms with van der Waals surface area (Å²) in [6.45, 7) is 0. The van der Waals surface area contributed by atoms with Crippen molar-refractivity contribution in [2.24, 2.45) is 0 Å². The Hall–Kier alpha value is -7.48.